The van der Waals surface area contributed by atoms with Crippen molar-refractivity contribution in [3.8, 4) is 0 Å². The Morgan fingerprint density at radius 1 is 1.60 bits per heavy atom. The molecule has 1 aliphatic rings. The van der Waals surface area contributed by atoms with E-state index in [1.165, 1.54) is 0 Å². The third kappa shape index (κ3) is 2.68. The summed E-state index contributed by atoms with van der Waals surface area (Å²) in [4.78, 5) is 24.7. The molecule has 1 rings (SSSR count). The quantitative estimate of drug-likeness (QED) is 0.659. The molecular formula is C10H18N2O3. The van der Waals surface area contributed by atoms with Gasteiger partial charge < -0.3 is 10.1 Å². The van der Waals surface area contributed by atoms with Crippen LogP contribution in [0.3, 0.4) is 0 Å². The van der Waals surface area contributed by atoms with Gasteiger partial charge >= 0.3 is 5.97 Å². The minimum absolute atomic E-state index is 0.0435. The number of nitrogens with one attached hydrogen (secondary N) is 1. The van der Waals surface area contributed by atoms with E-state index in [0.29, 0.717) is 19.7 Å². The van der Waals surface area contributed by atoms with Crippen LogP contribution < -0.4 is 5.32 Å². The summed E-state index contributed by atoms with van der Waals surface area (Å²) in [5.41, 5.74) is -0.634. The summed E-state index contributed by atoms with van der Waals surface area (Å²) in [6.07, 6.45) is 0. The van der Waals surface area contributed by atoms with Gasteiger partial charge in [0.05, 0.1) is 18.7 Å². The minimum atomic E-state index is -0.634. The first-order valence-corrected chi connectivity index (χ1v) is 5.17. The van der Waals surface area contributed by atoms with Gasteiger partial charge in [-0.25, -0.2) is 0 Å². The number of hydrogen-bond donors (Lipinski definition) is 1. The molecule has 0 spiro atoms. The van der Waals surface area contributed by atoms with E-state index in [1.807, 2.05) is 4.90 Å². The smallest absolute Gasteiger partial charge is 0.320 e. The molecule has 1 fully saturated rings. The summed E-state index contributed by atoms with van der Waals surface area (Å²) in [5, 5.41) is 2.77. The first kappa shape index (κ1) is 12.0. The molecule has 0 aromatic rings. The number of hydrogen-bond acceptors (Lipinski definition) is 4. The predicted molar refractivity (Wildman–Crippen MR) is 55.3 cm³/mol. The first-order valence-electron chi connectivity index (χ1n) is 5.17. The van der Waals surface area contributed by atoms with Crippen LogP contribution in [0.5, 0.6) is 0 Å². The third-order valence-electron chi connectivity index (χ3n) is 2.64. The molecule has 1 N–H and O–H groups in total. The van der Waals surface area contributed by atoms with Crippen molar-refractivity contribution in [2.45, 2.75) is 26.3 Å². The Kier molecular flexibility index (Phi) is 3.68. The van der Waals surface area contributed by atoms with Crippen molar-refractivity contribution in [2.24, 2.45) is 0 Å². The molecule has 0 aliphatic carbocycles. The van der Waals surface area contributed by atoms with Crippen molar-refractivity contribution in [1.82, 2.24) is 10.2 Å². The molecule has 1 amide bonds. The van der Waals surface area contributed by atoms with E-state index in [-0.39, 0.29) is 18.4 Å². The molecule has 1 aliphatic heterocycles. The molecule has 1 heterocycles. The van der Waals surface area contributed by atoms with E-state index < -0.39 is 5.54 Å². The molecule has 0 aromatic carbocycles. The van der Waals surface area contributed by atoms with E-state index >= 15 is 0 Å². The zero-order valence-corrected chi connectivity index (χ0v) is 9.50. The van der Waals surface area contributed by atoms with Gasteiger partial charge in [-0.2, -0.15) is 0 Å². The van der Waals surface area contributed by atoms with Crippen molar-refractivity contribution in [3.63, 3.8) is 0 Å². The van der Waals surface area contributed by atoms with Gasteiger partial charge in [0.15, 0.2) is 0 Å². The van der Waals surface area contributed by atoms with Gasteiger partial charge in [0.2, 0.25) is 5.91 Å². The summed E-state index contributed by atoms with van der Waals surface area (Å²) >= 11 is 0. The van der Waals surface area contributed by atoms with Gasteiger partial charge in [-0.3, -0.25) is 14.5 Å². The third-order valence-corrected chi connectivity index (χ3v) is 2.64. The Hall–Kier alpha value is -1.10. The topological polar surface area (TPSA) is 58.6 Å². The zero-order valence-electron chi connectivity index (χ0n) is 9.50. The van der Waals surface area contributed by atoms with Crippen LogP contribution in [0.1, 0.15) is 20.8 Å². The SMILES string of the molecule is CCOC(=O)CN1CCNC(=O)C1(C)C. The number of esters is 1. The highest BCUT2D eigenvalue weighted by atomic mass is 16.5. The Morgan fingerprint density at radius 2 is 2.27 bits per heavy atom. The fourth-order valence-electron chi connectivity index (χ4n) is 1.58. The molecule has 5 heteroatoms. The van der Waals surface area contributed by atoms with Gasteiger partial charge in [-0.1, -0.05) is 0 Å². The maximum Gasteiger partial charge on any atom is 0.320 e. The number of carbonyl (C=O) groups excluding carboxylic acids is 2. The molecule has 0 aromatic heterocycles. The van der Waals surface area contributed by atoms with E-state index in [9.17, 15) is 9.59 Å². The lowest BCUT2D eigenvalue weighted by Crippen LogP contribution is -2.62. The molecule has 0 radical (unpaired) electrons. The van der Waals surface area contributed by atoms with Crippen LogP contribution in [0.2, 0.25) is 0 Å². The first-order chi connectivity index (χ1) is 6.98. The van der Waals surface area contributed by atoms with Crippen molar-refractivity contribution < 1.29 is 14.3 Å². The van der Waals surface area contributed by atoms with Gasteiger partial charge in [0, 0.05) is 13.1 Å². The molecule has 5 nitrogen and oxygen atoms in total. The average molecular weight is 214 g/mol. The summed E-state index contributed by atoms with van der Waals surface area (Å²) in [6.45, 7) is 7.19. The maximum atomic E-state index is 11.6. The molecular weight excluding hydrogens is 196 g/mol. The average Bonchev–Trinajstić information content (AvgIpc) is 2.14. The molecule has 0 unspecified atom stereocenters. The van der Waals surface area contributed by atoms with E-state index in [1.54, 1.807) is 20.8 Å². The molecule has 86 valence electrons. The lowest BCUT2D eigenvalue weighted by molar-refractivity contribution is -0.149. The fraction of sp³-hybridized carbons (Fsp3) is 0.800. The van der Waals surface area contributed by atoms with Gasteiger partial charge in [0.1, 0.15) is 0 Å². The Balaban J connectivity index is 2.60. The number of carbonyl (C=O) groups is 2. The molecule has 0 saturated carbocycles. The van der Waals surface area contributed by atoms with Crippen LogP contribution in [0.25, 0.3) is 0 Å². The Bertz CT molecular complexity index is 263. The second-order valence-corrected chi connectivity index (χ2v) is 4.04. The molecule has 0 bridgehead atoms. The lowest BCUT2D eigenvalue weighted by Gasteiger charge is -2.40. The number of amides is 1. The van der Waals surface area contributed by atoms with E-state index in [4.69, 9.17) is 4.74 Å². The largest absolute Gasteiger partial charge is 0.465 e. The zero-order chi connectivity index (χ0) is 11.5. The normalized spacial score (nSPS) is 20.9. The Labute approximate surface area is 89.8 Å². The Morgan fingerprint density at radius 3 is 2.87 bits per heavy atom. The number of ether oxygens (including phenoxy) is 1. The molecule has 15 heavy (non-hydrogen) atoms. The van der Waals surface area contributed by atoms with E-state index in [0.717, 1.165) is 0 Å². The van der Waals surface area contributed by atoms with Crippen LogP contribution in [-0.2, 0) is 14.3 Å². The van der Waals surface area contributed by atoms with E-state index in [2.05, 4.69) is 5.32 Å². The number of rotatable bonds is 3. The summed E-state index contributed by atoms with van der Waals surface area (Å²) < 4.78 is 4.86. The van der Waals surface area contributed by atoms with Crippen LogP contribution in [0.15, 0.2) is 0 Å². The van der Waals surface area contributed by atoms with Crippen LogP contribution in [0.4, 0.5) is 0 Å². The lowest BCUT2D eigenvalue weighted by atomic mass is 9.99. The van der Waals surface area contributed by atoms with Crippen LogP contribution in [-0.4, -0.2) is 48.6 Å². The van der Waals surface area contributed by atoms with Crippen molar-refractivity contribution >= 4 is 11.9 Å². The fourth-order valence-corrected chi connectivity index (χ4v) is 1.58. The highest BCUT2D eigenvalue weighted by molar-refractivity contribution is 5.87. The standard InChI is InChI=1S/C10H18N2O3/c1-4-15-8(13)7-12-6-5-11-9(14)10(12,2)3/h4-7H2,1-3H3,(H,11,14). The number of nitrogens with zero attached hydrogens (tertiary/aromatic N) is 1. The summed E-state index contributed by atoms with van der Waals surface area (Å²) in [6, 6.07) is 0. The highest BCUT2D eigenvalue weighted by Crippen LogP contribution is 2.16. The second kappa shape index (κ2) is 4.61. The van der Waals surface area contributed by atoms with Gasteiger partial charge in [-0.15, -0.1) is 0 Å². The predicted octanol–water partition coefficient (Wildman–Crippen LogP) is -0.240. The minimum Gasteiger partial charge on any atom is -0.465 e. The monoisotopic (exact) mass is 214 g/mol. The van der Waals surface area contributed by atoms with Crippen molar-refractivity contribution in [3.05, 3.63) is 0 Å². The van der Waals surface area contributed by atoms with Gasteiger partial charge in [0.25, 0.3) is 0 Å². The maximum absolute atomic E-state index is 11.6. The summed E-state index contributed by atoms with van der Waals surface area (Å²) in [5.74, 6) is -0.321. The van der Waals surface area contributed by atoms with Crippen LogP contribution in [0, 0.1) is 0 Å². The van der Waals surface area contributed by atoms with Crippen molar-refractivity contribution in [1.29, 1.82) is 0 Å². The second-order valence-electron chi connectivity index (χ2n) is 4.04. The van der Waals surface area contributed by atoms with Crippen LogP contribution >= 0.6 is 0 Å². The summed E-state index contributed by atoms with van der Waals surface area (Å²) in [7, 11) is 0. The number of piperazine rings is 1. The highest BCUT2D eigenvalue weighted by Gasteiger charge is 2.38. The van der Waals surface area contributed by atoms with Gasteiger partial charge in [-0.05, 0) is 20.8 Å². The molecule has 0 atom stereocenters. The molecule has 1 saturated heterocycles. The van der Waals surface area contributed by atoms with Crippen molar-refractivity contribution in [2.75, 3.05) is 26.2 Å².